The molecular weight excluding hydrogens is 586 g/mol. The van der Waals surface area contributed by atoms with E-state index in [0.717, 1.165) is 61.5 Å². The Kier molecular flexibility index (Phi) is 10.3. The third-order valence-electron chi connectivity index (χ3n) is 11.5. The third-order valence-corrected chi connectivity index (χ3v) is 11.5. The Bertz CT molecular complexity index is 1390. The van der Waals surface area contributed by atoms with Crippen LogP contribution in [0.3, 0.4) is 0 Å². The molecule has 0 aliphatic carbocycles. The third kappa shape index (κ3) is 8.02. The van der Waals surface area contributed by atoms with Gasteiger partial charge in [0, 0.05) is 50.9 Å². The Morgan fingerprint density at radius 1 is 0.809 bits per heavy atom. The van der Waals surface area contributed by atoms with Gasteiger partial charge in [0.25, 0.3) is 0 Å². The van der Waals surface area contributed by atoms with Gasteiger partial charge in [-0.15, -0.1) is 0 Å². The number of piperidine rings is 3. The number of likely N-dealkylation sites (tertiary alicyclic amines) is 3. The second kappa shape index (κ2) is 14.4. The van der Waals surface area contributed by atoms with Crippen molar-refractivity contribution in [3.05, 3.63) is 65.2 Å². The number of amides is 4. The summed E-state index contributed by atoms with van der Waals surface area (Å²) in [4.78, 5) is 49.2. The summed E-state index contributed by atoms with van der Waals surface area (Å²) in [6.07, 6.45) is 6.99. The molecule has 2 aromatic carbocycles. The van der Waals surface area contributed by atoms with Crippen LogP contribution in [0.5, 0.6) is 0 Å². The van der Waals surface area contributed by atoms with E-state index in [2.05, 4.69) is 73.3 Å². The number of nitrogens with zero attached hydrogens (tertiary/aromatic N) is 4. The van der Waals surface area contributed by atoms with Gasteiger partial charge in [-0.3, -0.25) is 9.59 Å². The lowest BCUT2D eigenvalue weighted by Gasteiger charge is -2.41. The van der Waals surface area contributed by atoms with Crippen molar-refractivity contribution < 1.29 is 14.4 Å². The van der Waals surface area contributed by atoms with Gasteiger partial charge in [0.2, 0.25) is 11.8 Å². The summed E-state index contributed by atoms with van der Waals surface area (Å²) in [5.74, 6) is 1.30. The lowest BCUT2D eigenvalue weighted by atomic mass is 9.78. The van der Waals surface area contributed by atoms with E-state index in [-0.39, 0.29) is 41.6 Å². The molecule has 0 spiro atoms. The number of urea groups is 1. The van der Waals surface area contributed by atoms with Crippen LogP contribution in [0.1, 0.15) is 82.4 Å². The molecule has 4 aliphatic heterocycles. The Labute approximate surface area is 281 Å². The molecule has 0 aromatic heterocycles. The van der Waals surface area contributed by atoms with Crippen LogP contribution in [0.2, 0.25) is 0 Å². The summed E-state index contributed by atoms with van der Waals surface area (Å²) in [7, 11) is 2.21. The van der Waals surface area contributed by atoms with Gasteiger partial charge < -0.3 is 24.9 Å². The molecule has 1 N–H and O–H groups in total. The number of anilines is 1. The molecule has 8 heteroatoms. The molecule has 254 valence electrons. The normalized spacial score (nSPS) is 21.4. The fourth-order valence-electron chi connectivity index (χ4n) is 8.31. The molecule has 2 aromatic rings. The molecular formula is C39H55N5O3. The van der Waals surface area contributed by atoms with Crippen molar-refractivity contribution in [2.24, 2.45) is 17.8 Å². The highest BCUT2D eigenvalue weighted by Gasteiger charge is 2.36. The molecule has 1 atom stereocenters. The molecule has 0 saturated carbocycles. The zero-order valence-electron chi connectivity index (χ0n) is 29.0. The highest BCUT2D eigenvalue weighted by molar-refractivity contribution is 5.92. The minimum absolute atomic E-state index is 0.0581. The van der Waals surface area contributed by atoms with E-state index in [4.69, 9.17) is 0 Å². The fraction of sp³-hybridized carbons (Fsp3) is 0.615. The molecule has 0 unspecified atom stereocenters. The van der Waals surface area contributed by atoms with Crippen LogP contribution in [-0.2, 0) is 28.0 Å². The molecule has 3 fully saturated rings. The Hall–Kier alpha value is -3.39. The second-order valence-corrected chi connectivity index (χ2v) is 15.7. The van der Waals surface area contributed by atoms with Gasteiger partial charge in [0.1, 0.15) is 0 Å². The van der Waals surface area contributed by atoms with E-state index >= 15 is 0 Å². The average molecular weight is 642 g/mol. The van der Waals surface area contributed by atoms with E-state index in [0.29, 0.717) is 32.0 Å². The van der Waals surface area contributed by atoms with Gasteiger partial charge in [0.05, 0.1) is 5.92 Å². The molecule has 4 heterocycles. The van der Waals surface area contributed by atoms with Crippen molar-refractivity contribution in [1.29, 1.82) is 0 Å². The van der Waals surface area contributed by atoms with Crippen LogP contribution in [-0.4, -0.2) is 89.8 Å². The number of fused-ring (bicyclic) bond motifs is 1. The lowest BCUT2D eigenvalue weighted by molar-refractivity contribution is -0.143. The maximum absolute atomic E-state index is 14.2. The van der Waals surface area contributed by atoms with E-state index < -0.39 is 0 Å². The Balaban J connectivity index is 1.08. The maximum atomic E-state index is 14.2. The molecule has 0 radical (unpaired) electrons. The van der Waals surface area contributed by atoms with Gasteiger partial charge in [-0.1, -0.05) is 63.2 Å². The molecule has 4 amide bonds. The predicted molar refractivity (Wildman–Crippen MR) is 187 cm³/mol. The summed E-state index contributed by atoms with van der Waals surface area (Å²) >= 11 is 0. The van der Waals surface area contributed by atoms with Crippen LogP contribution in [0.25, 0.3) is 0 Å². The van der Waals surface area contributed by atoms with Crippen molar-refractivity contribution in [2.75, 3.05) is 51.6 Å². The molecule has 47 heavy (non-hydrogen) atoms. The Morgan fingerprint density at radius 3 is 2.04 bits per heavy atom. The van der Waals surface area contributed by atoms with Crippen molar-refractivity contribution in [1.82, 2.24) is 19.6 Å². The highest BCUT2D eigenvalue weighted by atomic mass is 16.2. The van der Waals surface area contributed by atoms with E-state index in [9.17, 15) is 14.4 Å². The minimum Gasteiger partial charge on any atom is -0.343 e. The topological polar surface area (TPSA) is 76.2 Å². The lowest BCUT2D eigenvalue weighted by Crippen LogP contribution is -2.51. The van der Waals surface area contributed by atoms with Crippen molar-refractivity contribution in [3.8, 4) is 0 Å². The zero-order chi connectivity index (χ0) is 33.1. The van der Waals surface area contributed by atoms with Crippen molar-refractivity contribution in [3.63, 3.8) is 0 Å². The molecule has 6 rings (SSSR count). The molecule has 8 nitrogen and oxygen atoms in total. The number of carbonyl (C=O) groups excluding carboxylic acids is 3. The van der Waals surface area contributed by atoms with Gasteiger partial charge in [-0.05, 0) is 105 Å². The van der Waals surface area contributed by atoms with E-state index in [1.807, 2.05) is 28.0 Å². The van der Waals surface area contributed by atoms with Crippen LogP contribution in [0.15, 0.2) is 48.5 Å². The fourth-order valence-corrected chi connectivity index (χ4v) is 8.31. The number of nitrogens with one attached hydrogen (secondary N) is 1. The first-order valence-corrected chi connectivity index (χ1v) is 18.0. The summed E-state index contributed by atoms with van der Waals surface area (Å²) in [6, 6.07) is 16.6. The minimum atomic E-state index is -0.370. The predicted octanol–water partition coefficient (Wildman–Crippen LogP) is 6.15. The largest absolute Gasteiger partial charge is 0.343 e. The number of hydrogen-bond donors (Lipinski definition) is 1. The van der Waals surface area contributed by atoms with E-state index in [1.54, 1.807) is 0 Å². The molecule has 4 aliphatic rings. The first kappa shape index (κ1) is 33.5. The van der Waals surface area contributed by atoms with Crippen LogP contribution >= 0.6 is 0 Å². The van der Waals surface area contributed by atoms with Gasteiger partial charge in [-0.2, -0.15) is 0 Å². The maximum Gasteiger partial charge on any atom is 0.322 e. The Morgan fingerprint density at radius 2 is 1.40 bits per heavy atom. The number of carbonyl (C=O) groups is 3. The summed E-state index contributed by atoms with van der Waals surface area (Å²) in [5, 5.41) is 3.03. The number of rotatable bonds is 7. The van der Waals surface area contributed by atoms with Crippen LogP contribution in [0.4, 0.5) is 10.5 Å². The highest BCUT2D eigenvalue weighted by Crippen LogP contribution is 2.34. The van der Waals surface area contributed by atoms with Crippen LogP contribution in [0, 0.1) is 17.8 Å². The summed E-state index contributed by atoms with van der Waals surface area (Å²) in [6.45, 7) is 12.4. The van der Waals surface area contributed by atoms with Gasteiger partial charge >= 0.3 is 6.03 Å². The van der Waals surface area contributed by atoms with E-state index in [1.165, 1.54) is 31.5 Å². The van der Waals surface area contributed by atoms with Crippen molar-refractivity contribution >= 4 is 23.5 Å². The van der Waals surface area contributed by atoms with Gasteiger partial charge in [0.15, 0.2) is 0 Å². The number of benzene rings is 2. The average Bonchev–Trinajstić information content (AvgIpc) is 3.07. The second-order valence-electron chi connectivity index (χ2n) is 15.7. The molecule has 0 bridgehead atoms. The zero-order valence-corrected chi connectivity index (χ0v) is 29.0. The summed E-state index contributed by atoms with van der Waals surface area (Å²) in [5.41, 5.74) is 4.45. The number of hydrogen-bond acceptors (Lipinski definition) is 4. The SMILES string of the molecule is CN1CCC(C2CCN(C(=O)[C@@H](CC(=O)N3CCC(N4Cc5ccccc5NC4=O)CC3)Cc3ccc(C(C)(C)C)cc3)CC2)CC1. The quantitative estimate of drug-likeness (QED) is 0.394. The van der Waals surface area contributed by atoms with Crippen molar-refractivity contribution in [2.45, 2.75) is 90.1 Å². The molecule has 3 saturated heterocycles. The first-order chi connectivity index (χ1) is 22.5. The number of para-hydroxylation sites is 1. The monoisotopic (exact) mass is 641 g/mol. The standard InChI is InChI=1S/C39H55N5O3/c1-39(2,3)33-11-9-28(10-12-33)25-32(37(46)43-21-15-30(16-22-43)29-13-19-41(4)20-14-29)26-36(45)42-23-17-34(18-24-42)44-27-31-7-5-6-8-35(31)40-38(44)47/h5-12,29-30,32,34H,13-27H2,1-4H3,(H,40,47)/t32-/m1/s1. The van der Waals surface area contributed by atoms with Crippen LogP contribution < -0.4 is 5.32 Å². The van der Waals surface area contributed by atoms with Gasteiger partial charge in [-0.25, -0.2) is 4.79 Å². The summed E-state index contributed by atoms with van der Waals surface area (Å²) < 4.78 is 0. The smallest absolute Gasteiger partial charge is 0.322 e. The first-order valence-electron chi connectivity index (χ1n) is 18.0.